The van der Waals surface area contributed by atoms with Gasteiger partial charge in [0, 0.05) is 30.8 Å². The average Bonchev–Trinajstić information content (AvgIpc) is 2.39. The van der Waals surface area contributed by atoms with Gasteiger partial charge in [0.15, 0.2) is 0 Å². The average molecular weight is 153 g/mol. The highest BCUT2D eigenvalue weighted by atomic mass is 16.4. The van der Waals surface area contributed by atoms with Gasteiger partial charge in [0.1, 0.15) is 0 Å². The van der Waals surface area contributed by atoms with Crippen molar-refractivity contribution in [3.63, 3.8) is 0 Å². The Morgan fingerprint density at radius 1 is 1.82 bits per heavy atom. The van der Waals surface area contributed by atoms with Crippen LogP contribution in [0.2, 0.25) is 0 Å². The number of aromatic nitrogens is 2. The highest BCUT2D eigenvalue weighted by molar-refractivity contribution is 5.66. The predicted molar refractivity (Wildman–Crippen MR) is 36.4 cm³/mol. The summed E-state index contributed by atoms with van der Waals surface area (Å²) < 4.78 is 1.57. The lowest BCUT2D eigenvalue weighted by molar-refractivity contribution is -0.311. The summed E-state index contributed by atoms with van der Waals surface area (Å²) in [5, 5.41) is 14.1. The molecule has 0 radical (unpaired) electrons. The Bertz CT molecular complexity index is 231. The summed E-state index contributed by atoms with van der Waals surface area (Å²) in [5.74, 6) is -1.53. The van der Waals surface area contributed by atoms with Crippen LogP contribution in [0, 0.1) is 5.92 Å². The summed E-state index contributed by atoms with van der Waals surface area (Å²) in [7, 11) is 0. The van der Waals surface area contributed by atoms with Crippen molar-refractivity contribution in [2.45, 2.75) is 13.5 Å². The second kappa shape index (κ2) is 3.18. The van der Waals surface area contributed by atoms with Crippen molar-refractivity contribution in [3.05, 3.63) is 18.5 Å². The lowest BCUT2D eigenvalue weighted by Gasteiger charge is -2.11. The maximum atomic E-state index is 10.3. The van der Waals surface area contributed by atoms with Gasteiger partial charge in [0.25, 0.3) is 0 Å². The molecule has 0 aliphatic rings. The summed E-state index contributed by atoms with van der Waals surface area (Å²) in [6, 6.07) is 1.75. The lowest BCUT2D eigenvalue weighted by atomic mass is 10.2. The van der Waals surface area contributed by atoms with E-state index in [0.717, 1.165) is 0 Å². The molecule has 4 heteroatoms. The third kappa shape index (κ3) is 2.07. The maximum absolute atomic E-state index is 10.3. The number of hydrogen-bond donors (Lipinski definition) is 0. The van der Waals surface area contributed by atoms with Gasteiger partial charge in [-0.2, -0.15) is 5.10 Å². The molecule has 11 heavy (non-hydrogen) atoms. The van der Waals surface area contributed by atoms with E-state index < -0.39 is 11.9 Å². The van der Waals surface area contributed by atoms with Crippen molar-refractivity contribution >= 4 is 5.97 Å². The summed E-state index contributed by atoms with van der Waals surface area (Å²) in [6.07, 6.45) is 3.33. The van der Waals surface area contributed by atoms with E-state index in [1.165, 1.54) is 0 Å². The van der Waals surface area contributed by atoms with E-state index in [9.17, 15) is 9.90 Å². The third-order valence-corrected chi connectivity index (χ3v) is 1.42. The minimum absolute atomic E-state index is 0.370. The fourth-order valence-electron chi connectivity index (χ4n) is 0.764. The molecule has 1 aromatic heterocycles. The predicted octanol–water partition coefficient (Wildman–Crippen LogP) is -0.731. The zero-order chi connectivity index (χ0) is 8.27. The van der Waals surface area contributed by atoms with E-state index in [0.29, 0.717) is 6.54 Å². The number of carbonyl (C=O) groups is 1. The van der Waals surface area contributed by atoms with Crippen LogP contribution >= 0.6 is 0 Å². The molecule has 1 rings (SSSR count). The van der Waals surface area contributed by atoms with Crippen molar-refractivity contribution in [2.75, 3.05) is 0 Å². The van der Waals surface area contributed by atoms with Gasteiger partial charge in [-0.25, -0.2) is 0 Å². The van der Waals surface area contributed by atoms with Crippen LogP contribution in [-0.2, 0) is 11.3 Å². The molecule has 0 fully saturated rings. The first-order chi connectivity index (χ1) is 5.20. The number of carboxylic acid groups (broad SMARTS) is 1. The maximum Gasteiger partial charge on any atom is 0.0489 e. The summed E-state index contributed by atoms with van der Waals surface area (Å²) in [6.45, 7) is 1.96. The van der Waals surface area contributed by atoms with Crippen LogP contribution in [-0.4, -0.2) is 15.7 Å². The Morgan fingerprint density at radius 3 is 3.00 bits per heavy atom. The molecular formula is C7H9N2O2-. The molecule has 1 aromatic rings. The molecule has 0 bridgehead atoms. The molecule has 0 saturated heterocycles. The highest BCUT2D eigenvalue weighted by Gasteiger charge is 2.02. The zero-order valence-electron chi connectivity index (χ0n) is 6.23. The van der Waals surface area contributed by atoms with E-state index in [-0.39, 0.29) is 0 Å². The smallest absolute Gasteiger partial charge is 0.0489 e. The van der Waals surface area contributed by atoms with Crippen LogP contribution < -0.4 is 5.11 Å². The van der Waals surface area contributed by atoms with Gasteiger partial charge >= 0.3 is 0 Å². The molecule has 4 nitrogen and oxygen atoms in total. The molecular weight excluding hydrogens is 144 g/mol. The second-order valence-electron chi connectivity index (χ2n) is 2.45. The Hall–Kier alpha value is -1.32. The number of carbonyl (C=O) groups excluding carboxylic acids is 1. The number of carboxylic acids is 1. The third-order valence-electron chi connectivity index (χ3n) is 1.42. The van der Waals surface area contributed by atoms with Gasteiger partial charge in [0.2, 0.25) is 0 Å². The first kappa shape index (κ1) is 7.78. The molecule has 0 N–H and O–H groups in total. The monoisotopic (exact) mass is 153 g/mol. The number of nitrogens with zero attached hydrogens (tertiary/aromatic N) is 2. The Labute approximate surface area is 64.5 Å². The molecule has 0 aliphatic heterocycles. The van der Waals surface area contributed by atoms with Crippen molar-refractivity contribution in [1.82, 2.24) is 9.78 Å². The molecule has 0 amide bonds. The van der Waals surface area contributed by atoms with E-state index in [1.54, 1.807) is 30.1 Å². The zero-order valence-corrected chi connectivity index (χ0v) is 6.23. The van der Waals surface area contributed by atoms with E-state index in [4.69, 9.17) is 0 Å². The molecule has 0 aliphatic carbocycles. The lowest BCUT2D eigenvalue weighted by Crippen LogP contribution is -2.32. The fraction of sp³-hybridized carbons (Fsp3) is 0.429. The van der Waals surface area contributed by atoms with Gasteiger partial charge in [0.05, 0.1) is 0 Å². The normalized spacial score (nSPS) is 12.8. The summed E-state index contributed by atoms with van der Waals surface area (Å²) >= 11 is 0. The van der Waals surface area contributed by atoms with Crippen LogP contribution in [0.15, 0.2) is 18.5 Å². The molecule has 1 heterocycles. The van der Waals surface area contributed by atoms with Gasteiger partial charge in [-0.3, -0.25) is 4.68 Å². The minimum atomic E-state index is -1.04. The molecule has 0 spiro atoms. The van der Waals surface area contributed by atoms with Crippen LogP contribution in [0.1, 0.15) is 6.92 Å². The largest absolute Gasteiger partial charge is 0.550 e. The van der Waals surface area contributed by atoms with E-state index in [2.05, 4.69) is 5.10 Å². The van der Waals surface area contributed by atoms with Crippen LogP contribution in [0.25, 0.3) is 0 Å². The first-order valence-electron chi connectivity index (χ1n) is 3.38. The minimum Gasteiger partial charge on any atom is -0.550 e. The standard InChI is InChI=1S/C7H10N2O2/c1-6(7(10)11)5-9-4-2-3-8-9/h2-4,6H,5H2,1H3,(H,10,11)/p-1/t6-/m1/s1. The number of hydrogen-bond acceptors (Lipinski definition) is 3. The van der Waals surface area contributed by atoms with Gasteiger partial charge in [-0.1, -0.05) is 6.92 Å². The van der Waals surface area contributed by atoms with Gasteiger partial charge in [-0.15, -0.1) is 0 Å². The Kier molecular flexibility index (Phi) is 2.25. The van der Waals surface area contributed by atoms with E-state index in [1.807, 2.05) is 0 Å². The SMILES string of the molecule is C[C@H](Cn1cccn1)C(=O)[O-]. The molecule has 60 valence electrons. The van der Waals surface area contributed by atoms with Crippen LogP contribution in [0.3, 0.4) is 0 Å². The first-order valence-corrected chi connectivity index (χ1v) is 3.38. The van der Waals surface area contributed by atoms with Gasteiger partial charge in [-0.05, 0) is 6.07 Å². The molecule has 0 aromatic carbocycles. The number of aliphatic carboxylic acids is 1. The van der Waals surface area contributed by atoms with Gasteiger partial charge < -0.3 is 9.90 Å². The molecule has 1 atom stereocenters. The Balaban J connectivity index is 2.50. The van der Waals surface area contributed by atoms with E-state index >= 15 is 0 Å². The molecule has 0 saturated carbocycles. The van der Waals surface area contributed by atoms with Crippen molar-refractivity contribution in [1.29, 1.82) is 0 Å². The second-order valence-corrected chi connectivity index (χ2v) is 2.45. The van der Waals surface area contributed by atoms with Crippen molar-refractivity contribution in [2.24, 2.45) is 5.92 Å². The quantitative estimate of drug-likeness (QED) is 0.575. The van der Waals surface area contributed by atoms with Crippen molar-refractivity contribution < 1.29 is 9.90 Å². The van der Waals surface area contributed by atoms with Crippen LogP contribution in [0.4, 0.5) is 0 Å². The molecule has 0 unspecified atom stereocenters. The summed E-state index contributed by atoms with van der Waals surface area (Å²) in [5.41, 5.74) is 0. The topological polar surface area (TPSA) is 58.0 Å². The Morgan fingerprint density at radius 2 is 2.55 bits per heavy atom. The van der Waals surface area contributed by atoms with Crippen LogP contribution in [0.5, 0.6) is 0 Å². The number of rotatable bonds is 3. The summed E-state index contributed by atoms with van der Waals surface area (Å²) in [4.78, 5) is 10.3. The highest BCUT2D eigenvalue weighted by Crippen LogP contribution is 1.96. The fourth-order valence-corrected chi connectivity index (χ4v) is 0.764. The van der Waals surface area contributed by atoms with Crippen molar-refractivity contribution in [3.8, 4) is 0 Å².